The van der Waals surface area contributed by atoms with Crippen molar-refractivity contribution in [3.05, 3.63) is 18.0 Å². The zero-order valence-electron chi connectivity index (χ0n) is 11.8. The molecular weight excluding hydrogens is 300 g/mol. The third-order valence-corrected chi connectivity index (χ3v) is 6.31. The van der Waals surface area contributed by atoms with Crippen LogP contribution in [0.4, 0.5) is 0 Å². The van der Waals surface area contributed by atoms with E-state index in [1.165, 1.54) is 63.5 Å². The van der Waals surface area contributed by atoms with Gasteiger partial charge in [0.2, 0.25) is 0 Å². The number of hydrogen-bond donors (Lipinski definition) is 0. The van der Waals surface area contributed by atoms with Crippen LogP contribution in [0.2, 0.25) is 0 Å². The van der Waals surface area contributed by atoms with Crippen molar-refractivity contribution in [1.29, 1.82) is 0 Å². The predicted octanol–water partition coefficient (Wildman–Crippen LogP) is 4.89. The molecule has 2 saturated carbocycles. The van der Waals surface area contributed by atoms with Crippen LogP contribution in [-0.4, -0.2) is 15.1 Å². The zero-order chi connectivity index (χ0) is 13.1. The van der Waals surface area contributed by atoms with Crippen molar-refractivity contribution < 1.29 is 0 Å². The first-order chi connectivity index (χ1) is 9.31. The number of nitrogens with zero attached hydrogens (tertiary/aromatic N) is 2. The van der Waals surface area contributed by atoms with Gasteiger partial charge in [0, 0.05) is 11.5 Å². The summed E-state index contributed by atoms with van der Waals surface area (Å²) >= 11 is 3.74. The van der Waals surface area contributed by atoms with E-state index in [0.29, 0.717) is 11.5 Å². The van der Waals surface area contributed by atoms with Crippen LogP contribution < -0.4 is 0 Å². The lowest BCUT2D eigenvalue weighted by atomic mass is 9.84. The maximum absolute atomic E-state index is 4.89. The van der Waals surface area contributed by atoms with Crippen molar-refractivity contribution in [3.8, 4) is 0 Å². The molecule has 3 heteroatoms. The average molecular weight is 325 g/mol. The van der Waals surface area contributed by atoms with Gasteiger partial charge in [-0.05, 0) is 43.6 Å². The van der Waals surface area contributed by atoms with Gasteiger partial charge in [0.15, 0.2) is 0 Å². The summed E-state index contributed by atoms with van der Waals surface area (Å²) in [6.07, 6.45) is 15.7. The van der Waals surface area contributed by atoms with E-state index in [1.54, 1.807) is 0 Å². The minimum atomic E-state index is 0.492. The highest BCUT2D eigenvalue weighted by molar-refractivity contribution is 9.09. The van der Waals surface area contributed by atoms with E-state index in [1.807, 2.05) is 0 Å². The highest BCUT2D eigenvalue weighted by Crippen LogP contribution is 2.42. The van der Waals surface area contributed by atoms with Gasteiger partial charge in [-0.25, -0.2) is 0 Å². The van der Waals surface area contributed by atoms with E-state index in [-0.39, 0.29) is 0 Å². The topological polar surface area (TPSA) is 17.8 Å². The summed E-state index contributed by atoms with van der Waals surface area (Å²) in [5, 5.41) is 6.02. The number of alkyl halides is 1. The molecule has 0 unspecified atom stereocenters. The molecule has 3 rings (SSSR count). The van der Waals surface area contributed by atoms with Gasteiger partial charge < -0.3 is 0 Å². The molecule has 1 aromatic heterocycles. The number of aromatic nitrogens is 2. The SMILES string of the molecule is BrCC1(Cc2ccn(C3CCCCC3)n2)CCCC1. The summed E-state index contributed by atoms with van der Waals surface area (Å²) in [5.41, 5.74) is 1.80. The summed E-state index contributed by atoms with van der Waals surface area (Å²) in [6.45, 7) is 0. The van der Waals surface area contributed by atoms with Crippen molar-refractivity contribution >= 4 is 15.9 Å². The van der Waals surface area contributed by atoms with Gasteiger partial charge in [0.05, 0.1) is 11.7 Å². The molecule has 0 N–H and O–H groups in total. The fourth-order valence-corrected chi connectivity index (χ4v) is 4.65. The van der Waals surface area contributed by atoms with Crippen LogP contribution >= 0.6 is 15.9 Å². The van der Waals surface area contributed by atoms with Crippen LogP contribution in [0, 0.1) is 5.41 Å². The Bertz CT molecular complexity index is 401. The molecule has 0 aliphatic heterocycles. The molecule has 2 nitrogen and oxygen atoms in total. The molecule has 0 spiro atoms. The molecular formula is C16H25BrN2. The molecule has 1 aromatic rings. The van der Waals surface area contributed by atoms with Gasteiger partial charge in [-0.1, -0.05) is 48.0 Å². The van der Waals surface area contributed by atoms with Crippen molar-refractivity contribution in [1.82, 2.24) is 9.78 Å². The predicted molar refractivity (Wildman–Crippen MR) is 82.7 cm³/mol. The lowest BCUT2D eigenvalue weighted by Crippen LogP contribution is -2.22. The zero-order valence-corrected chi connectivity index (χ0v) is 13.4. The monoisotopic (exact) mass is 324 g/mol. The van der Waals surface area contributed by atoms with Crippen LogP contribution in [0.15, 0.2) is 12.3 Å². The summed E-state index contributed by atoms with van der Waals surface area (Å²) in [5.74, 6) is 0. The molecule has 2 fully saturated rings. The third kappa shape index (κ3) is 3.07. The van der Waals surface area contributed by atoms with Crippen LogP contribution in [-0.2, 0) is 6.42 Å². The lowest BCUT2D eigenvalue weighted by molar-refractivity contribution is 0.317. The molecule has 0 saturated heterocycles. The highest BCUT2D eigenvalue weighted by Gasteiger charge is 2.33. The molecule has 0 radical (unpaired) electrons. The third-order valence-electron chi connectivity index (χ3n) is 5.12. The van der Waals surface area contributed by atoms with Crippen LogP contribution in [0.1, 0.15) is 69.5 Å². The molecule has 0 atom stereocenters. The Labute approximate surface area is 125 Å². The Morgan fingerprint density at radius 3 is 2.58 bits per heavy atom. The Hall–Kier alpha value is -0.310. The van der Waals surface area contributed by atoms with Crippen LogP contribution in [0.3, 0.4) is 0 Å². The van der Waals surface area contributed by atoms with E-state index in [9.17, 15) is 0 Å². The Kier molecular flexibility index (Phi) is 4.30. The maximum atomic E-state index is 4.89. The summed E-state index contributed by atoms with van der Waals surface area (Å²) in [6, 6.07) is 2.93. The van der Waals surface area contributed by atoms with Gasteiger partial charge in [0.1, 0.15) is 0 Å². The molecule has 0 bridgehead atoms. The van der Waals surface area contributed by atoms with E-state index in [2.05, 4.69) is 32.9 Å². The average Bonchev–Trinajstić information content (AvgIpc) is 3.10. The van der Waals surface area contributed by atoms with E-state index in [0.717, 1.165) is 11.8 Å². The highest BCUT2D eigenvalue weighted by atomic mass is 79.9. The molecule has 106 valence electrons. The van der Waals surface area contributed by atoms with Gasteiger partial charge >= 0.3 is 0 Å². The Morgan fingerprint density at radius 2 is 1.89 bits per heavy atom. The second-order valence-electron chi connectivity index (χ2n) is 6.60. The molecule has 19 heavy (non-hydrogen) atoms. The van der Waals surface area contributed by atoms with Crippen molar-refractivity contribution in [2.24, 2.45) is 5.41 Å². The van der Waals surface area contributed by atoms with Gasteiger partial charge in [-0.3, -0.25) is 4.68 Å². The standard InChI is InChI=1S/C16H25BrN2/c17-13-16(9-4-5-10-16)12-14-8-11-19(18-14)15-6-2-1-3-7-15/h8,11,15H,1-7,9-10,12-13H2. The quantitative estimate of drug-likeness (QED) is 0.721. The molecule has 0 amide bonds. The normalized spacial score (nSPS) is 23.8. The fraction of sp³-hybridized carbons (Fsp3) is 0.812. The lowest BCUT2D eigenvalue weighted by Gasteiger charge is -2.25. The summed E-state index contributed by atoms with van der Waals surface area (Å²) < 4.78 is 2.26. The first kappa shape index (κ1) is 13.7. The molecule has 1 heterocycles. The van der Waals surface area contributed by atoms with Crippen LogP contribution in [0.25, 0.3) is 0 Å². The maximum Gasteiger partial charge on any atom is 0.0630 e. The van der Waals surface area contributed by atoms with Gasteiger partial charge in [-0.2, -0.15) is 5.10 Å². The first-order valence-electron chi connectivity index (χ1n) is 7.91. The molecule has 2 aliphatic carbocycles. The number of hydrogen-bond acceptors (Lipinski definition) is 1. The second kappa shape index (κ2) is 5.99. The van der Waals surface area contributed by atoms with E-state index in [4.69, 9.17) is 5.10 Å². The summed E-state index contributed by atoms with van der Waals surface area (Å²) in [7, 11) is 0. The van der Waals surface area contributed by atoms with Crippen LogP contribution in [0.5, 0.6) is 0 Å². The molecule has 2 aliphatic rings. The van der Waals surface area contributed by atoms with E-state index < -0.39 is 0 Å². The van der Waals surface area contributed by atoms with Gasteiger partial charge in [0.25, 0.3) is 0 Å². The Morgan fingerprint density at radius 1 is 1.16 bits per heavy atom. The minimum absolute atomic E-state index is 0.492. The first-order valence-corrected chi connectivity index (χ1v) is 9.04. The van der Waals surface area contributed by atoms with Crippen molar-refractivity contribution in [2.75, 3.05) is 5.33 Å². The number of halogens is 1. The smallest absolute Gasteiger partial charge is 0.0630 e. The van der Waals surface area contributed by atoms with Gasteiger partial charge in [-0.15, -0.1) is 0 Å². The van der Waals surface area contributed by atoms with E-state index >= 15 is 0 Å². The fourth-order valence-electron chi connectivity index (χ4n) is 3.89. The number of rotatable bonds is 4. The van der Waals surface area contributed by atoms with Crippen molar-refractivity contribution in [2.45, 2.75) is 70.3 Å². The minimum Gasteiger partial charge on any atom is -0.269 e. The Balaban J connectivity index is 1.67. The second-order valence-corrected chi connectivity index (χ2v) is 7.16. The largest absolute Gasteiger partial charge is 0.269 e. The molecule has 0 aromatic carbocycles. The summed E-state index contributed by atoms with van der Waals surface area (Å²) in [4.78, 5) is 0. The van der Waals surface area contributed by atoms with Crippen molar-refractivity contribution in [3.63, 3.8) is 0 Å².